The van der Waals surface area contributed by atoms with Gasteiger partial charge in [0.05, 0.1) is 16.8 Å². The van der Waals surface area contributed by atoms with Crippen molar-refractivity contribution in [1.82, 2.24) is 0 Å². The molecule has 5 rings (SSSR count). The van der Waals surface area contributed by atoms with Crippen molar-refractivity contribution in [3.8, 4) is 11.3 Å². The van der Waals surface area contributed by atoms with E-state index in [4.69, 9.17) is 44.2 Å². The van der Waals surface area contributed by atoms with Gasteiger partial charge in [-0.25, -0.2) is 4.99 Å². The number of halogens is 3. The van der Waals surface area contributed by atoms with E-state index in [1.807, 2.05) is 12.1 Å². The lowest BCUT2D eigenvalue weighted by Gasteiger charge is -2.33. The summed E-state index contributed by atoms with van der Waals surface area (Å²) in [5.41, 5.74) is 3.32. The second-order valence-electron chi connectivity index (χ2n) is 10.5. The predicted molar refractivity (Wildman–Crippen MR) is 160 cm³/mol. The van der Waals surface area contributed by atoms with Crippen LogP contribution >= 0.6 is 46.1 Å². The second kappa shape index (κ2) is 10.9. The average molecular weight is 586 g/mol. The Morgan fingerprint density at radius 2 is 1.79 bits per heavy atom. The molecule has 38 heavy (non-hydrogen) atoms. The van der Waals surface area contributed by atoms with Gasteiger partial charge in [-0.2, -0.15) is 0 Å². The Labute approximate surface area is 241 Å². The third-order valence-corrected chi connectivity index (χ3v) is 8.91. The number of thiophene rings is 1. The lowest BCUT2D eigenvalue weighted by molar-refractivity contribution is 0.102. The molecular weight excluding hydrogens is 559 g/mol. The van der Waals surface area contributed by atoms with Crippen molar-refractivity contribution in [2.45, 2.75) is 40.0 Å². The van der Waals surface area contributed by atoms with Gasteiger partial charge < -0.3 is 9.73 Å². The molecule has 1 aliphatic carbocycles. The number of carbonyl (C=O) groups excluding carboxylic acids is 1. The van der Waals surface area contributed by atoms with Crippen LogP contribution in [-0.2, 0) is 12.8 Å². The number of anilines is 1. The molecule has 0 saturated carbocycles. The van der Waals surface area contributed by atoms with Gasteiger partial charge in [0.2, 0.25) is 0 Å². The molecule has 1 amide bonds. The van der Waals surface area contributed by atoms with E-state index in [2.05, 4.69) is 26.1 Å². The van der Waals surface area contributed by atoms with Gasteiger partial charge in [-0.1, -0.05) is 55.6 Å². The van der Waals surface area contributed by atoms with Gasteiger partial charge in [-0.05, 0) is 90.8 Å². The number of benzene rings is 2. The zero-order chi connectivity index (χ0) is 27.0. The molecule has 2 aromatic heterocycles. The van der Waals surface area contributed by atoms with E-state index in [0.29, 0.717) is 54.3 Å². The van der Waals surface area contributed by atoms with Crippen molar-refractivity contribution < 1.29 is 9.21 Å². The third kappa shape index (κ3) is 5.86. The highest BCUT2D eigenvalue weighted by atomic mass is 35.5. The van der Waals surface area contributed by atoms with Gasteiger partial charge in [-0.15, -0.1) is 11.3 Å². The largest absolute Gasteiger partial charge is 0.455 e. The van der Waals surface area contributed by atoms with E-state index in [9.17, 15) is 4.79 Å². The van der Waals surface area contributed by atoms with Crippen LogP contribution in [0, 0.1) is 11.3 Å². The Bertz CT molecular complexity index is 1510. The summed E-state index contributed by atoms with van der Waals surface area (Å²) in [5.74, 6) is 1.53. The Hall–Kier alpha value is -2.57. The molecule has 0 radical (unpaired) electrons. The fourth-order valence-corrected chi connectivity index (χ4v) is 6.52. The number of nitrogens with one attached hydrogen (secondary N) is 1. The first kappa shape index (κ1) is 27.0. The van der Waals surface area contributed by atoms with E-state index < -0.39 is 0 Å². The molecule has 4 aromatic rings. The minimum atomic E-state index is -0.169. The zero-order valence-corrected chi connectivity index (χ0v) is 24.4. The molecule has 4 nitrogen and oxygen atoms in total. The highest BCUT2D eigenvalue weighted by Gasteiger charge is 2.33. The van der Waals surface area contributed by atoms with Crippen molar-refractivity contribution in [2.24, 2.45) is 16.3 Å². The maximum Gasteiger partial charge on any atom is 0.259 e. The summed E-state index contributed by atoms with van der Waals surface area (Å²) in [6.45, 7) is 6.85. The molecule has 0 bridgehead atoms. The topological polar surface area (TPSA) is 54.6 Å². The number of hydrogen-bond acceptors (Lipinski definition) is 4. The molecule has 0 spiro atoms. The van der Waals surface area contributed by atoms with E-state index in [1.165, 1.54) is 4.88 Å². The Morgan fingerprint density at radius 1 is 1.05 bits per heavy atom. The Morgan fingerprint density at radius 3 is 2.53 bits per heavy atom. The van der Waals surface area contributed by atoms with E-state index >= 15 is 0 Å². The normalized spacial score (nSPS) is 15.6. The number of fused-ring (bicyclic) bond motifs is 1. The summed E-state index contributed by atoms with van der Waals surface area (Å²) in [6, 6.07) is 16.0. The van der Waals surface area contributed by atoms with Gasteiger partial charge >= 0.3 is 0 Å². The number of amides is 1. The van der Waals surface area contributed by atoms with Gasteiger partial charge in [-0.3, -0.25) is 4.79 Å². The summed E-state index contributed by atoms with van der Waals surface area (Å²) in [6.07, 6.45) is 4.49. The fraction of sp³-hybridized carbons (Fsp3) is 0.267. The van der Waals surface area contributed by atoms with Gasteiger partial charge in [0.25, 0.3) is 5.91 Å². The van der Waals surface area contributed by atoms with Crippen molar-refractivity contribution in [1.29, 1.82) is 0 Å². The number of nitrogens with zero attached hydrogens (tertiary/aromatic N) is 1. The molecular formula is C30H27Cl3N2O2S. The molecule has 1 N–H and O–H groups in total. The van der Waals surface area contributed by atoms with Crippen LogP contribution in [0.3, 0.4) is 0 Å². The monoisotopic (exact) mass is 584 g/mol. The van der Waals surface area contributed by atoms with Crippen LogP contribution in [0.15, 0.2) is 64.0 Å². The molecule has 2 aromatic carbocycles. The van der Waals surface area contributed by atoms with Crippen LogP contribution in [0.25, 0.3) is 11.3 Å². The first-order valence-electron chi connectivity index (χ1n) is 12.4. The molecule has 2 heterocycles. The summed E-state index contributed by atoms with van der Waals surface area (Å²) in [5, 5.41) is 5.44. The second-order valence-corrected chi connectivity index (χ2v) is 12.9. The number of furan rings is 1. The van der Waals surface area contributed by atoms with Gasteiger partial charge in [0.1, 0.15) is 16.5 Å². The predicted octanol–water partition coefficient (Wildman–Crippen LogP) is 10.1. The van der Waals surface area contributed by atoms with Gasteiger partial charge in [0.15, 0.2) is 0 Å². The molecule has 1 atom stereocenters. The van der Waals surface area contributed by atoms with E-state index in [0.717, 1.165) is 24.8 Å². The van der Waals surface area contributed by atoms with Crippen LogP contribution in [0.1, 0.15) is 53.8 Å². The Kier molecular flexibility index (Phi) is 7.74. The van der Waals surface area contributed by atoms with E-state index in [1.54, 1.807) is 60.0 Å². The van der Waals surface area contributed by atoms with Crippen LogP contribution in [0.5, 0.6) is 0 Å². The standard InChI is InChI=1S/C30H27Cl3N2O2S/c1-30(2,3)17-4-11-22-26(14-17)38-29(27(22)28(36)35-20-8-5-18(31)6-9-20)34-16-21-10-13-25(37-21)23-15-19(32)7-12-24(23)33/h5-10,12-13,15-17H,4,11,14H2,1-3H3,(H,35,36)/t17-/m1/s1. The SMILES string of the molecule is CC(C)(C)[C@@H]1CCc2c(sc(N=Cc3ccc(-c4cc(Cl)ccc4Cl)o3)c2C(=O)Nc2ccc(Cl)cc2)C1. The van der Waals surface area contributed by atoms with Gasteiger partial charge in [0, 0.05) is 26.2 Å². The van der Waals surface area contributed by atoms with Crippen molar-refractivity contribution in [3.63, 3.8) is 0 Å². The zero-order valence-electron chi connectivity index (χ0n) is 21.3. The van der Waals surface area contributed by atoms with Crippen LogP contribution in [0.4, 0.5) is 10.7 Å². The quantitative estimate of drug-likeness (QED) is 0.237. The molecule has 0 aliphatic heterocycles. The maximum atomic E-state index is 13.5. The lowest BCUT2D eigenvalue weighted by atomic mass is 9.72. The van der Waals surface area contributed by atoms with Crippen molar-refractivity contribution in [2.75, 3.05) is 5.32 Å². The highest BCUT2D eigenvalue weighted by Crippen LogP contribution is 2.45. The number of carbonyl (C=O) groups is 1. The highest BCUT2D eigenvalue weighted by molar-refractivity contribution is 7.16. The minimum Gasteiger partial charge on any atom is -0.455 e. The number of aliphatic imine (C=N–C) groups is 1. The third-order valence-electron chi connectivity index (χ3n) is 6.93. The van der Waals surface area contributed by atoms with Crippen molar-refractivity contribution >= 4 is 68.9 Å². The molecule has 0 unspecified atom stereocenters. The van der Waals surface area contributed by atoms with Crippen LogP contribution in [-0.4, -0.2) is 12.1 Å². The van der Waals surface area contributed by atoms with Crippen LogP contribution < -0.4 is 5.32 Å². The summed E-state index contributed by atoms with van der Waals surface area (Å²) in [7, 11) is 0. The smallest absolute Gasteiger partial charge is 0.259 e. The lowest BCUT2D eigenvalue weighted by Crippen LogP contribution is -2.27. The molecule has 0 fully saturated rings. The number of hydrogen-bond donors (Lipinski definition) is 1. The molecule has 196 valence electrons. The van der Waals surface area contributed by atoms with Crippen molar-refractivity contribution in [3.05, 3.63) is 91.4 Å². The minimum absolute atomic E-state index is 0.169. The summed E-state index contributed by atoms with van der Waals surface area (Å²) < 4.78 is 6.00. The molecule has 8 heteroatoms. The van der Waals surface area contributed by atoms with Crippen LogP contribution in [0.2, 0.25) is 15.1 Å². The first-order chi connectivity index (χ1) is 18.1. The average Bonchev–Trinajstić information content (AvgIpc) is 3.49. The maximum absolute atomic E-state index is 13.5. The first-order valence-corrected chi connectivity index (χ1v) is 14.3. The fourth-order valence-electron chi connectivity index (χ4n) is 4.74. The summed E-state index contributed by atoms with van der Waals surface area (Å²) in [4.78, 5) is 19.5. The molecule has 1 aliphatic rings. The Balaban J connectivity index is 1.47. The number of rotatable bonds is 5. The molecule has 0 saturated heterocycles. The van der Waals surface area contributed by atoms with E-state index in [-0.39, 0.29) is 11.3 Å². The summed E-state index contributed by atoms with van der Waals surface area (Å²) >= 11 is 20.1.